The van der Waals surface area contributed by atoms with E-state index >= 15 is 0 Å². The van der Waals surface area contributed by atoms with Gasteiger partial charge in [-0.2, -0.15) is 0 Å². The van der Waals surface area contributed by atoms with Crippen LogP contribution in [0.3, 0.4) is 0 Å². The minimum atomic E-state index is 0.0150. The van der Waals surface area contributed by atoms with E-state index in [0.717, 1.165) is 10.8 Å². The Balaban J connectivity index is 2.88. The molecule has 14 heavy (non-hydrogen) atoms. The zero-order chi connectivity index (χ0) is 10.1. The van der Waals surface area contributed by atoms with E-state index in [2.05, 4.69) is 0 Å². The number of benzene rings is 2. The summed E-state index contributed by atoms with van der Waals surface area (Å²) in [6.45, 7) is 1.53. The van der Waals surface area contributed by atoms with E-state index in [1.165, 1.54) is 6.92 Å². The van der Waals surface area contributed by atoms with Gasteiger partial charge >= 0.3 is 0 Å². The molecule has 0 radical (unpaired) electrons. The summed E-state index contributed by atoms with van der Waals surface area (Å²) in [5.41, 5.74) is 0.651. The van der Waals surface area contributed by atoms with Gasteiger partial charge in [-0.25, -0.2) is 0 Å². The van der Waals surface area contributed by atoms with E-state index < -0.39 is 0 Å². The summed E-state index contributed by atoms with van der Waals surface area (Å²) in [6.07, 6.45) is 0. The van der Waals surface area contributed by atoms with Crippen LogP contribution in [0.5, 0.6) is 5.75 Å². The van der Waals surface area contributed by atoms with Crippen molar-refractivity contribution in [3.8, 4) is 5.75 Å². The molecular formula is C12H10O2. The largest absolute Gasteiger partial charge is 0.507 e. The van der Waals surface area contributed by atoms with Crippen molar-refractivity contribution in [1.29, 1.82) is 0 Å². The maximum Gasteiger partial charge on any atom is 0.160 e. The average Bonchev–Trinajstić information content (AvgIpc) is 2.17. The summed E-state index contributed by atoms with van der Waals surface area (Å²) in [5, 5.41) is 11.1. The van der Waals surface area contributed by atoms with E-state index in [0.29, 0.717) is 5.56 Å². The molecule has 2 heteroatoms. The van der Waals surface area contributed by atoms with Crippen LogP contribution in [0.15, 0.2) is 36.4 Å². The van der Waals surface area contributed by atoms with Gasteiger partial charge in [-0.05, 0) is 18.4 Å². The first-order chi connectivity index (χ1) is 6.70. The first-order valence-corrected chi connectivity index (χ1v) is 4.42. The molecule has 2 aromatic carbocycles. The molecule has 1 N–H and O–H groups in total. The molecular weight excluding hydrogens is 176 g/mol. The van der Waals surface area contributed by atoms with Crippen molar-refractivity contribution in [2.45, 2.75) is 6.92 Å². The normalized spacial score (nSPS) is 10.4. The Morgan fingerprint density at radius 1 is 1.07 bits per heavy atom. The lowest BCUT2D eigenvalue weighted by molar-refractivity contribution is 0.101. The Morgan fingerprint density at radius 2 is 1.71 bits per heavy atom. The minimum absolute atomic E-state index is 0.0150. The number of phenols is 1. The molecule has 0 heterocycles. The molecule has 70 valence electrons. The average molecular weight is 186 g/mol. The van der Waals surface area contributed by atoms with Gasteiger partial charge in [-0.3, -0.25) is 4.79 Å². The molecule has 0 aromatic heterocycles. The molecule has 0 saturated heterocycles. The van der Waals surface area contributed by atoms with Gasteiger partial charge in [0.1, 0.15) is 5.75 Å². The summed E-state index contributed by atoms with van der Waals surface area (Å²) >= 11 is 0. The molecule has 0 unspecified atom stereocenters. The van der Waals surface area contributed by atoms with Gasteiger partial charge in [-0.1, -0.05) is 30.3 Å². The van der Waals surface area contributed by atoms with Crippen molar-refractivity contribution in [1.82, 2.24) is 0 Å². The van der Waals surface area contributed by atoms with Crippen molar-refractivity contribution in [3.05, 3.63) is 42.0 Å². The summed E-state index contributed by atoms with van der Waals surface area (Å²) < 4.78 is 0. The third-order valence-electron chi connectivity index (χ3n) is 2.28. The number of rotatable bonds is 1. The predicted octanol–water partition coefficient (Wildman–Crippen LogP) is 2.75. The zero-order valence-corrected chi connectivity index (χ0v) is 7.82. The Bertz CT molecular complexity index is 501. The van der Waals surface area contributed by atoms with Crippen LogP contribution in [0, 0.1) is 0 Å². The lowest BCUT2D eigenvalue weighted by Crippen LogP contribution is -1.92. The lowest BCUT2D eigenvalue weighted by Gasteiger charge is -2.04. The molecule has 2 rings (SSSR count). The van der Waals surface area contributed by atoms with Gasteiger partial charge in [0, 0.05) is 10.9 Å². The van der Waals surface area contributed by atoms with Crippen molar-refractivity contribution < 1.29 is 9.90 Å². The number of carbonyl (C=O) groups is 1. The van der Waals surface area contributed by atoms with Gasteiger partial charge < -0.3 is 5.11 Å². The van der Waals surface area contributed by atoms with Gasteiger partial charge in [-0.15, -0.1) is 0 Å². The van der Waals surface area contributed by atoms with Crippen LogP contribution in [-0.4, -0.2) is 10.9 Å². The molecule has 0 aliphatic heterocycles. The number of aromatic hydroxyl groups is 1. The van der Waals surface area contributed by atoms with Crippen molar-refractivity contribution in [3.63, 3.8) is 0 Å². The Kier molecular flexibility index (Phi) is 1.97. The summed E-state index contributed by atoms with van der Waals surface area (Å²) in [5.74, 6) is 0.229. The molecule has 0 aliphatic carbocycles. The molecule has 2 aromatic rings. The van der Waals surface area contributed by atoms with Gasteiger partial charge in [0.05, 0.1) is 0 Å². The minimum Gasteiger partial charge on any atom is -0.507 e. The monoisotopic (exact) mass is 186 g/mol. The molecule has 0 aliphatic rings. The second-order valence-electron chi connectivity index (χ2n) is 3.23. The first kappa shape index (κ1) is 8.75. The third-order valence-corrected chi connectivity index (χ3v) is 2.28. The van der Waals surface area contributed by atoms with Crippen LogP contribution in [-0.2, 0) is 0 Å². The second kappa shape index (κ2) is 3.14. The molecule has 0 fully saturated rings. The van der Waals surface area contributed by atoms with Gasteiger partial charge in [0.25, 0.3) is 0 Å². The number of fused-ring (bicyclic) bond motifs is 1. The fourth-order valence-corrected chi connectivity index (χ4v) is 1.60. The number of hydrogen-bond donors (Lipinski definition) is 1. The number of Topliss-reactive ketones (excluding diaryl/α,β-unsaturated/α-hetero) is 1. The molecule has 0 spiro atoms. The summed E-state index contributed by atoms with van der Waals surface area (Å²) in [4.78, 5) is 11.3. The van der Waals surface area contributed by atoms with E-state index in [9.17, 15) is 9.90 Å². The van der Waals surface area contributed by atoms with Crippen molar-refractivity contribution >= 4 is 16.6 Å². The maximum absolute atomic E-state index is 11.3. The fraction of sp³-hybridized carbons (Fsp3) is 0.0833. The first-order valence-electron chi connectivity index (χ1n) is 4.42. The Hall–Kier alpha value is -1.83. The number of phenolic OH excluding ortho intramolecular Hbond substituents is 1. The molecule has 0 amide bonds. The van der Waals surface area contributed by atoms with Crippen LogP contribution < -0.4 is 0 Å². The van der Waals surface area contributed by atoms with Crippen LogP contribution in [0.4, 0.5) is 0 Å². The smallest absolute Gasteiger partial charge is 0.160 e. The summed E-state index contributed by atoms with van der Waals surface area (Å²) in [6, 6.07) is 10.5. The highest BCUT2D eigenvalue weighted by Crippen LogP contribution is 2.26. The highest BCUT2D eigenvalue weighted by molar-refractivity contribution is 6.08. The van der Waals surface area contributed by atoms with E-state index in [4.69, 9.17) is 0 Å². The topological polar surface area (TPSA) is 37.3 Å². The quantitative estimate of drug-likeness (QED) is 0.695. The molecule has 0 saturated carbocycles. The van der Waals surface area contributed by atoms with Gasteiger partial charge in [0.2, 0.25) is 0 Å². The third kappa shape index (κ3) is 1.25. The Morgan fingerprint density at radius 3 is 2.43 bits per heavy atom. The standard InChI is InChI=1S/C12H10O2/c1-8(13)9-4-2-6-11-10(9)5-3-7-12(11)14/h2-7,14H,1H3. The van der Waals surface area contributed by atoms with E-state index in [1.54, 1.807) is 30.3 Å². The Labute approximate surface area is 81.8 Å². The fourth-order valence-electron chi connectivity index (χ4n) is 1.60. The second-order valence-corrected chi connectivity index (χ2v) is 3.23. The lowest BCUT2D eigenvalue weighted by atomic mass is 10.0. The molecule has 0 atom stereocenters. The zero-order valence-electron chi connectivity index (χ0n) is 7.82. The van der Waals surface area contributed by atoms with E-state index in [-0.39, 0.29) is 11.5 Å². The van der Waals surface area contributed by atoms with Crippen LogP contribution >= 0.6 is 0 Å². The van der Waals surface area contributed by atoms with Crippen LogP contribution in [0.25, 0.3) is 10.8 Å². The highest BCUT2D eigenvalue weighted by atomic mass is 16.3. The summed E-state index contributed by atoms with van der Waals surface area (Å²) in [7, 11) is 0. The van der Waals surface area contributed by atoms with Crippen molar-refractivity contribution in [2.75, 3.05) is 0 Å². The van der Waals surface area contributed by atoms with Crippen molar-refractivity contribution in [2.24, 2.45) is 0 Å². The number of hydrogen-bond acceptors (Lipinski definition) is 2. The van der Waals surface area contributed by atoms with Crippen LogP contribution in [0.2, 0.25) is 0 Å². The maximum atomic E-state index is 11.3. The SMILES string of the molecule is CC(=O)c1cccc2c(O)cccc12. The molecule has 0 bridgehead atoms. The molecule has 2 nitrogen and oxygen atoms in total. The van der Waals surface area contributed by atoms with Crippen LogP contribution in [0.1, 0.15) is 17.3 Å². The number of ketones is 1. The van der Waals surface area contributed by atoms with E-state index in [1.807, 2.05) is 6.07 Å². The predicted molar refractivity (Wildman–Crippen MR) is 55.6 cm³/mol. The number of carbonyl (C=O) groups excluding carboxylic acids is 1. The van der Waals surface area contributed by atoms with Gasteiger partial charge in [0.15, 0.2) is 5.78 Å². The highest BCUT2D eigenvalue weighted by Gasteiger charge is 2.06.